The van der Waals surface area contributed by atoms with E-state index >= 15 is 0 Å². The van der Waals surface area contributed by atoms with Gasteiger partial charge in [0, 0.05) is 25.8 Å². The van der Waals surface area contributed by atoms with Gasteiger partial charge in [-0.25, -0.2) is 4.39 Å². The molecule has 21 heavy (non-hydrogen) atoms. The van der Waals surface area contributed by atoms with Gasteiger partial charge in [0.1, 0.15) is 12.4 Å². The van der Waals surface area contributed by atoms with E-state index in [0.29, 0.717) is 24.2 Å². The average molecular weight is 291 g/mol. The molecular weight excluding hydrogens is 273 g/mol. The number of nitrogens with zero attached hydrogens (tertiary/aromatic N) is 1. The number of methoxy groups -OCH3 is 1. The van der Waals surface area contributed by atoms with Crippen molar-refractivity contribution in [1.29, 1.82) is 0 Å². The SMILES string of the molecule is COC1CCN(C(=O)c2ccc(F)cc2C#CCO)CC1. The Labute approximate surface area is 123 Å². The number of halogens is 1. The van der Waals surface area contributed by atoms with Crippen LogP contribution in [0.3, 0.4) is 0 Å². The van der Waals surface area contributed by atoms with Crippen molar-refractivity contribution in [2.45, 2.75) is 18.9 Å². The lowest BCUT2D eigenvalue weighted by Crippen LogP contribution is -2.40. The van der Waals surface area contributed by atoms with Gasteiger partial charge in [-0.15, -0.1) is 0 Å². The maximum absolute atomic E-state index is 13.3. The van der Waals surface area contributed by atoms with Crippen LogP contribution in [0.5, 0.6) is 0 Å². The summed E-state index contributed by atoms with van der Waals surface area (Å²) in [6.07, 6.45) is 1.78. The van der Waals surface area contributed by atoms with Crippen LogP contribution in [0.25, 0.3) is 0 Å². The Morgan fingerprint density at radius 1 is 1.48 bits per heavy atom. The maximum atomic E-state index is 13.3. The van der Waals surface area contributed by atoms with E-state index in [9.17, 15) is 9.18 Å². The van der Waals surface area contributed by atoms with E-state index in [1.807, 2.05) is 0 Å². The molecule has 1 amide bonds. The fourth-order valence-electron chi connectivity index (χ4n) is 2.41. The van der Waals surface area contributed by atoms with Gasteiger partial charge >= 0.3 is 0 Å². The largest absolute Gasteiger partial charge is 0.384 e. The van der Waals surface area contributed by atoms with Crippen LogP contribution in [0, 0.1) is 17.7 Å². The van der Waals surface area contributed by atoms with Crippen LogP contribution in [0.1, 0.15) is 28.8 Å². The molecule has 2 rings (SSSR count). The lowest BCUT2D eigenvalue weighted by atomic mass is 10.0. The summed E-state index contributed by atoms with van der Waals surface area (Å²) in [6, 6.07) is 3.92. The molecule has 0 spiro atoms. The number of likely N-dealkylation sites (tertiary alicyclic amines) is 1. The summed E-state index contributed by atoms with van der Waals surface area (Å²) in [7, 11) is 1.67. The van der Waals surface area contributed by atoms with Gasteiger partial charge in [-0.3, -0.25) is 4.79 Å². The van der Waals surface area contributed by atoms with E-state index in [-0.39, 0.29) is 18.6 Å². The molecule has 0 atom stereocenters. The van der Waals surface area contributed by atoms with Gasteiger partial charge in [0.2, 0.25) is 0 Å². The van der Waals surface area contributed by atoms with E-state index in [2.05, 4.69) is 11.8 Å². The third-order valence-corrected chi connectivity index (χ3v) is 3.58. The summed E-state index contributed by atoms with van der Waals surface area (Å²) >= 11 is 0. The fraction of sp³-hybridized carbons (Fsp3) is 0.438. The van der Waals surface area contributed by atoms with Crippen LogP contribution < -0.4 is 0 Å². The van der Waals surface area contributed by atoms with Crippen molar-refractivity contribution in [2.24, 2.45) is 0 Å². The Bertz CT molecular complexity index is 569. The van der Waals surface area contributed by atoms with Crippen molar-refractivity contribution in [3.63, 3.8) is 0 Å². The third-order valence-electron chi connectivity index (χ3n) is 3.58. The monoisotopic (exact) mass is 291 g/mol. The molecule has 1 aromatic rings. The van der Waals surface area contributed by atoms with Crippen molar-refractivity contribution >= 4 is 5.91 Å². The Morgan fingerprint density at radius 3 is 2.81 bits per heavy atom. The number of aliphatic hydroxyl groups excluding tert-OH is 1. The topological polar surface area (TPSA) is 49.8 Å². The second-order valence-electron chi connectivity index (χ2n) is 4.88. The summed E-state index contributed by atoms with van der Waals surface area (Å²) in [5, 5.41) is 8.75. The minimum Gasteiger partial charge on any atom is -0.384 e. The highest BCUT2D eigenvalue weighted by molar-refractivity contribution is 5.96. The van der Waals surface area contributed by atoms with Crippen molar-refractivity contribution in [3.8, 4) is 11.8 Å². The molecule has 0 radical (unpaired) electrons. The van der Waals surface area contributed by atoms with Crippen molar-refractivity contribution < 1.29 is 19.0 Å². The Balaban J connectivity index is 2.19. The van der Waals surface area contributed by atoms with Crippen LogP contribution >= 0.6 is 0 Å². The molecule has 0 aromatic heterocycles. The second kappa shape index (κ2) is 7.21. The highest BCUT2D eigenvalue weighted by Crippen LogP contribution is 2.18. The summed E-state index contributed by atoms with van der Waals surface area (Å²) in [5.41, 5.74) is 0.677. The Hall–Kier alpha value is -1.90. The zero-order valence-electron chi connectivity index (χ0n) is 11.9. The molecule has 112 valence electrons. The number of hydrogen-bond donors (Lipinski definition) is 1. The van der Waals surface area contributed by atoms with Gasteiger partial charge in [-0.05, 0) is 31.0 Å². The average Bonchev–Trinajstić information content (AvgIpc) is 2.52. The Morgan fingerprint density at radius 2 is 2.19 bits per heavy atom. The second-order valence-corrected chi connectivity index (χ2v) is 4.88. The lowest BCUT2D eigenvalue weighted by molar-refractivity contribution is 0.0350. The molecule has 1 heterocycles. The third kappa shape index (κ3) is 3.81. The zero-order valence-corrected chi connectivity index (χ0v) is 11.9. The first-order valence-corrected chi connectivity index (χ1v) is 6.87. The molecule has 1 aromatic carbocycles. The molecule has 0 saturated carbocycles. The van der Waals surface area contributed by atoms with Gasteiger partial charge in [-0.1, -0.05) is 11.8 Å². The molecule has 0 unspecified atom stereocenters. The van der Waals surface area contributed by atoms with E-state index in [0.717, 1.165) is 12.8 Å². The van der Waals surface area contributed by atoms with E-state index < -0.39 is 5.82 Å². The van der Waals surface area contributed by atoms with Crippen LogP contribution in [0.15, 0.2) is 18.2 Å². The molecular formula is C16H18FNO3. The number of ether oxygens (including phenoxy) is 1. The summed E-state index contributed by atoms with van der Waals surface area (Å²) < 4.78 is 18.6. The van der Waals surface area contributed by atoms with Crippen molar-refractivity contribution in [2.75, 3.05) is 26.8 Å². The van der Waals surface area contributed by atoms with Crippen LogP contribution in [0.4, 0.5) is 4.39 Å². The van der Waals surface area contributed by atoms with E-state index in [1.54, 1.807) is 12.0 Å². The first kappa shape index (κ1) is 15.5. The smallest absolute Gasteiger partial charge is 0.255 e. The van der Waals surface area contributed by atoms with Crippen LogP contribution in [-0.4, -0.2) is 48.8 Å². The maximum Gasteiger partial charge on any atom is 0.255 e. The molecule has 1 aliphatic rings. The molecule has 4 nitrogen and oxygen atoms in total. The number of amides is 1. The van der Waals surface area contributed by atoms with Crippen molar-refractivity contribution in [3.05, 3.63) is 35.1 Å². The first-order chi connectivity index (χ1) is 10.2. The van der Waals surface area contributed by atoms with E-state index in [1.165, 1.54) is 18.2 Å². The Kier molecular flexibility index (Phi) is 5.32. The number of piperidine rings is 1. The molecule has 0 aliphatic carbocycles. The summed E-state index contributed by atoms with van der Waals surface area (Å²) in [6.45, 7) is 0.895. The van der Waals surface area contributed by atoms with Crippen molar-refractivity contribution in [1.82, 2.24) is 4.90 Å². The van der Waals surface area contributed by atoms with Gasteiger partial charge in [0.25, 0.3) is 5.91 Å². The number of benzene rings is 1. The minimum absolute atomic E-state index is 0.160. The number of hydrogen-bond acceptors (Lipinski definition) is 3. The van der Waals surface area contributed by atoms with Gasteiger partial charge in [0.05, 0.1) is 11.7 Å². The molecule has 1 aliphatic heterocycles. The quantitative estimate of drug-likeness (QED) is 0.838. The summed E-state index contributed by atoms with van der Waals surface area (Å²) in [5.74, 6) is 4.47. The van der Waals surface area contributed by atoms with Gasteiger partial charge < -0.3 is 14.7 Å². The number of rotatable bonds is 2. The predicted octanol–water partition coefficient (Wildman–Crippen LogP) is 1.42. The number of carbonyl (C=O) groups is 1. The fourth-order valence-corrected chi connectivity index (χ4v) is 2.41. The molecule has 1 N–H and O–H groups in total. The predicted molar refractivity (Wildman–Crippen MR) is 76.3 cm³/mol. The molecule has 5 heteroatoms. The molecule has 1 saturated heterocycles. The minimum atomic E-state index is -0.452. The van der Waals surface area contributed by atoms with Crippen LogP contribution in [0.2, 0.25) is 0 Å². The standard InChI is InChI=1S/C16H18FNO3/c1-21-14-6-8-18(9-7-14)16(20)15-5-4-13(17)11-12(15)3-2-10-19/h4-5,11,14,19H,6-10H2,1H3. The lowest BCUT2D eigenvalue weighted by Gasteiger charge is -2.31. The van der Waals surface area contributed by atoms with Gasteiger partial charge in [0.15, 0.2) is 0 Å². The van der Waals surface area contributed by atoms with Gasteiger partial charge in [-0.2, -0.15) is 0 Å². The number of carbonyl (C=O) groups excluding carboxylic acids is 1. The zero-order chi connectivity index (χ0) is 15.2. The summed E-state index contributed by atoms with van der Waals surface area (Å²) in [4.78, 5) is 14.3. The first-order valence-electron chi connectivity index (χ1n) is 6.87. The van der Waals surface area contributed by atoms with Crippen LogP contribution in [-0.2, 0) is 4.74 Å². The highest BCUT2D eigenvalue weighted by atomic mass is 19.1. The molecule has 1 fully saturated rings. The molecule has 0 bridgehead atoms. The highest BCUT2D eigenvalue weighted by Gasteiger charge is 2.24. The normalized spacial score (nSPS) is 15.5. The number of aliphatic hydroxyl groups is 1. The van der Waals surface area contributed by atoms with E-state index in [4.69, 9.17) is 9.84 Å².